The van der Waals surface area contributed by atoms with E-state index in [0.717, 1.165) is 47.3 Å². The summed E-state index contributed by atoms with van der Waals surface area (Å²) in [7, 11) is 2.17. The van der Waals surface area contributed by atoms with Crippen LogP contribution in [0.5, 0.6) is 0 Å². The lowest BCUT2D eigenvalue weighted by atomic mass is 10.1. The minimum Gasteiger partial charge on any atom is -0.322 e. The van der Waals surface area contributed by atoms with E-state index in [-0.39, 0.29) is 5.82 Å². The van der Waals surface area contributed by atoms with Crippen LogP contribution < -0.4 is 0 Å². The average Bonchev–Trinajstić information content (AvgIpc) is 3.43. The number of aromatic nitrogens is 2. The van der Waals surface area contributed by atoms with Crippen molar-refractivity contribution in [1.29, 1.82) is 0 Å². The van der Waals surface area contributed by atoms with Gasteiger partial charge in [0.1, 0.15) is 5.82 Å². The summed E-state index contributed by atoms with van der Waals surface area (Å²) in [6, 6.07) is 14.1. The van der Waals surface area contributed by atoms with E-state index in [2.05, 4.69) is 22.7 Å². The van der Waals surface area contributed by atoms with Gasteiger partial charge in [0.05, 0.1) is 5.69 Å². The summed E-state index contributed by atoms with van der Waals surface area (Å²) in [4.78, 5) is 2.37. The van der Waals surface area contributed by atoms with Crippen molar-refractivity contribution in [2.24, 2.45) is 5.92 Å². The Labute approximate surface area is 175 Å². The summed E-state index contributed by atoms with van der Waals surface area (Å²) in [6.07, 6.45) is 4.77. The molecule has 1 saturated carbocycles. The van der Waals surface area contributed by atoms with Crippen LogP contribution in [0.4, 0.5) is 4.39 Å². The van der Waals surface area contributed by atoms with Gasteiger partial charge in [-0.1, -0.05) is 11.6 Å². The molecule has 0 spiro atoms. The first-order valence-electron chi connectivity index (χ1n) is 9.54. The van der Waals surface area contributed by atoms with Crippen LogP contribution in [-0.4, -0.2) is 34.2 Å². The van der Waals surface area contributed by atoms with Gasteiger partial charge < -0.3 is 9.47 Å². The normalized spacial score (nSPS) is 14.0. The van der Waals surface area contributed by atoms with Crippen molar-refractivity contribution in [3.63, 3.8) is 0 Å². The molecule has 3 aromatic rings. The fraction of sp³-hybridized carbons (Fsp3) is 0.318. The zero-order valence-electron chi connectivity index (χ0n) is 15.8. The summed E-state index contributed by atoms with van der Waals surface area (Å²) in [5, 5.41) is 0.680. The van der Waals surface area contributed by atoms with Crippen LogP contribution in [0.15, 0.2) is 54.7 Å². The molecular weight excluding hydrogens is 393 g/mol. The Morgan fingerprint density at radius 3 is 2.43 bits per heavy atom. The molecule has 2 aromatic carbocycles. The second-order valence-corrected chi connectivity index (χ2v) is 8.32. The second kappa shape index (κ2) is 8.19. The smallest absolute Gasteiger partial charge is 0.185 e. The molecular formula is C22H23ClFN3S. The number of nitrogens with zero attached hydrogens (tertiary/aromatic N) is 3. The van der Waals surface area contributed by atoms with Crippen LogP contribution in [0.1, 0.15) is 12.8 Å². The van der Waals surface area contributed by atoms with Crippen LogP contribution in [0.3, 0.4) is 0 Å². The van der Waals surface area contributed by atoms with Crippen molar-refractivity contribution in [2.75, 3.05) is 20.1 Å². The third-order valence-electron chi connectivity index (χ3n) is 5.17. The molecule has 28 heavy (non-hydrogen) atoms. The zero-order chi connectivity index (χ0) is 19.7. The summed E-state index contributed by atoms with van der Waals surface area (Å²) < 4.78 is 18.3. The van der Waals surface area contributed by atoms with Gasteiger partial charge in [-0.05, 0) is 86.6 Å². The molecule has 4 rings (SSSR count). The van der Waals surface area contributed by atoms with Crippen molar-refractivity contribution >= 4 is 23.8 Å². The molecule has 0 radical (unpaired) electrons. The van der Waals surface area contributed by atoms with E-state index in [4.69, 9.17) is 23.8 Å². The molecule has 0 bridgehead atoms. The number of likely N-dealkylation sites (N-methyl/N-ethyl adjacent to an activating group) is 1. The van der Waals surface area contributed by atoms with E-state index in [9.17, 15) is 4.39 Å². The maximum absolute atomic E-state index is 13.4. The van der Waals surface area contributed by atoms with Gasteiger partial charge in [0, 0.05) is 42.1 Å². The molecule has 6 heteroatoms. The average molecular weight is 416 g/mol. The Hall–Kier alpha value is -1.95. The molecule has 1 aromatic heterocycles. The standard InChI is InChI=1S/C22H23ClFN3S/c1-25(14-16-2-3-16)12-13-26-15-21(17-4-8-19(24)9-5-17)27(22(26)28)20-10-6-18(23)7-11-20/h4-11,15-16H,2-3,12-14H2,1H3. The number of hydrogen-bond acceptors (Lipinski definition) is 2. The van der Waals surface area contributed by atoms with Gasteiger partial charge in [0.2, 0.25) is 0 Å². The molecule has 1 aliphatic rings. The quantitative estimate of drug-likeness (QED) is 0.452. The molecule has 146 valence electrons. The summed E-state index contributed by atoms with van der Waals surface area (Å²) >= 11 is 11.9. The van der Waals surface area contributed by atoms with Gasteiger partial charge in [-0.2, -0.15) is 0 Å². The highest BCUT2D eigenvalue weighted by molar-refractivity contribution is 7.71. The SMILES string of the molecule is CN(CCn1cc(-c2ccc(F)cc2)n(-c2ccc(Cl)cc2)c1=S)CC1CC1. The van der Waals surface area contributed by atoms with Gasteiger partial charge in [0.15, 0.2) is 4.77 Å². The molecule has 3 nitrogen and oxygen atoms in total. The first-order valence-corrected chi connectivity index (χ1v) is 10.3. The van der Waals surface area contributed by atoms with Crippen molar-refractivity contribution in [3.8, 4) is 16.9 Å². The molecule has 0 atom stereocenters. The number of hydrogen-bond donors (Lipinski definition) is 0. The molecule has 1 fully saturated rings. The summed E-state index contributed by atoms with van der Waals surface area (Å²) in [5.41, 5.74) is 2.81. The molecule has 0 amide bonds. The van der Waals surface area contributed by atoms with Crippen LogP contribution in [-0.2, 0) is 6.54 Å². The van der Waals surface area contributed by atoms with Gasteiger partial charge in [-0.3, -0.25) is 4.57 Å². The highest BCUT2D eigenvalue weighted by Crippen LogP contribution is 2.29. The molecule has 0 unspecified atom stereocenters. The molecule has 0 saturated heterocycles. The highest BCUT2D eigenvalue weighted by atomic mass is 35.5. The molecule has 0 N–H and O–H groups in total. The van der Waals surface area contributed by atoms with E-state index < -0.39 is 0 Å². The van der Waals surface area contributed by atoms with Gasteiger partial charge in [0.25, 0.3) is 0 Å². The van der Waals surface area contributed by atoms with Crippen LogP contribution in [0, 0.1) is 16.5 Å². The predicted molar refractivity (Wildman–Crippen MR) is 115 cm³/mol. The number of rotatable bonds is 7. The van der Waals surface area contributed by atoms with Crippen LogP contribution >= 0.6 is 23.8 Å². The van der Waals surface area contributed by atoms with E-state index in [1.54, 1.807) is 12.1 Å². The van der Waals surface area contributed by atoms with Crippen molar-refractivity contribution in [1.82, 2.24) is 14.0 Å². The minimum absolute atomic E-state index is 0.249. The van der Waals surface area contributed by atoms with Crippen molar-refractivity contribution in [2.45, 2.75) is 19.4 Å². The summed E-state index contributed by atoms with van der Waals surface area (Å²) in [6.45, 7) is 2.91. The Balaban J connectivity index is 1.69. The van der Waals surface area contributed by atoms with Crippen molar-refractivity contribution in [3.05, 3.63) is 70.3 Å². The zero-order valence-corrected chi connectivity index (χ0v) is 17.4. The monoisotopic (exact) mass is 415 g/mol. The van der Waals surface area contributed by atoms with Gasteiger partial charge >= 0.3 is 0 Å². The third kappa shape index (κ3) is 4.37. The maximum Gasteiger partial charge on any atom is 0.185 e. The third-order valence-corrected chi connectivity index (χ3v) is 5.84. The van der Waals surface area contributed by atoms with E-state index in [0.29, 0.717) is 5.02 Å². The first-order chi connectivity index (χ1) is 13.5. The number of benzene rings is 2. The maximum atomic E-state index is 13.4. The lowest BCUT2D eigenvalue weighted by Gasteiger charge is -2.16. The lowest BCUT2D eigenvalue weighted by molar-refractivity contribution is 0.305. The summed E-state index contributed by atoms with van der Waals surface area (Å²) in [5.74, 6) is 0.618. The number of imidazole rings is 1. The lowest BCUT2D eigenvalue weighted by Crippen LogP contribution is -2.25. The number of halogens is 2. The molecule has 0 aliphatic heterocycles. The Morgan fingerprint density at radius 1 is 1.11 bits per heavy atom. The topological polar surface area (TPSA) is 13.1 Å². The Morgan fingerprint density at radius 2 is 1.79 bits per heavy atom. The second-order valence-electron chi connectivity index (χ2n) is 7.51. The van der Waals surface area contributed by atoms with Gasteiger partial charge in [-0.15, -0.1) is 0 Å². The van der Waals surface area contributed by atoms with E-state index in [1.807, 2.05) is 28.8 Å². The minimum atomic E-state index is -0.249. The fourth-order valence-electron chi connectivity index (χ4n) is 3.43. The van der Waals surface area contributed by atoms with Crippen LogP contribution in [0.25, 0.3) is 16.9 Å². The fourth-order valence-corrected chi connectivity index (χ4v) is 3.90. The molecule has 1 aliphatic carbocycles. The highest BCUT2D eigenvalue weighted by Gasteiger charge is 2.22. The van der Waals surface area contributed by atoms with E-state index in [1.165, 1.54) is 25.0 Å². The Kier molecular flexibility index (Phi) is 5.67. The van der Waals surface area contributed by atoms with Gasteiger partial charge in [-0.25, -0.2) is 4.39 Å². The first kappa shape index (κ1) is 19.4. The Bertz CT molecular complexity index is 1000. The predicted octanol–water partition coefficient (Wildman–Crippen LogP) is 5.81. The van der Waals surface area contributed by atoms with Crippen LogP contribution in [0.2, 0.25) is 5.02 Å². The van der Waals surface area contributed by atoms with E-state index >= 15 is 0 Å². The largest absolute Gasteiger partial charge is 0.322 e. The van der Waals surface area contributed by atoms with Crippen molar-refractivity contribution < 1.29 is 4.39 Å². The molecule has 1 heterocycles.